The van der Waals surface area contributed by atoms with E-state index in [-0.39, 0.29) is 6.61 Å². The second kappa shape index (κ2) is 6.67. The van der Waals surface area contributed by atoms with Crippen molar-refractivity contribution in [1.82, 2.24) is 0 Å². The van der Waals surface area contributed by atoms with Gasteiger partial charge in [-0.1, -0.05) is 48.0 Å². The summed E-state index contributed by atoms with van der Waals surface area (Å²) in [6, 6.07) is 17.4. The Hall–Kier alpha value is -1.25. The maximum Gasteiger partial charge on any atom is 0.0462 e. The van der Waals surface area contributed by atoms with E-state index in [2.05, 4.69) is 55.5 Å². The average Bonchev–Trinajstić information content (AvgIpc) is 2.92. The Morgan fingerprint density at radius 3 is 2.67 bits per heavy atom. The fourth-order valence-corrected chi connectivity index (χ4v) is 4.38. The minimum absolute atomic E-state index is 0.275. The van der Waals surface area contributed by atoms with Crippen LogP contribution in [0.2, 0.25) is 0 Å². The minimum atomic E-state index is 0.275. The van der Waals surface area contributed by atoms with Crippen LogP contribution in [0.25, 0.3) is 0 Å². The lowest BCUT2D eigenvalue weighted by Crippen LogP contribution is -2.14. The van der Waals surface area contributed by atoms with E-state index in [4.69, 9.17) is 0 Å². The minimum Gasteiger partial charge on any atom is -0.396 e. The molecule has 2 aromatic carbocycles. The van der Waals surface area contributed by atoms with Gasteiger partial charge in [0.15, 0.2) is 0 Å². The zero-order valence-corrected chi connectivity index (χ0v) is 13.3. The molecule has 1 N–H and O–H groups in total. The Morgan fingerprint density at radius 2 is 1.90 bits per heavy atom. The number of aryl methyl sites for hydroxylation is 1. The van der Waals surface area contributed by atoms with Gasteiger partial charge in [0.2, 0.25) is 0 Å². The molecule has 2 atom stereocenters. The van der Waals surface area contributed by atoms with Gasteiger partial charge >= 0.3 is 0 Å². The van der Waals surface area contributed by atoms with Gasteiger partial charge in [-0.3, -0.25) is 0 Å². The second-order valence-electron chi connectivity index (χ2n) is 6.02. The Morgan fingerprint density at radius 1 is 1.14 bits per heavy atom. The highest BCUT2D eigenvalue weighted by Gasteiger charge is 2.25. The monoisotopic (exact) mass is 298 g/mol. The summed E-state index contributed by atoms with van der Waals surface area (Å²) in [7, 11) is 0. The van der Waals surface area contributed by atoms with Crippen LogP contribution in [0, 0.1) is 12.8 Å². The first-order valence-electron chi connectivity index (χ1n) is 7.64. The van der Waals surface area contributed by atoms with E-state index in [9.17, 15) is 5.11 Å². The van der Waals surface area contributed by atoms with Gasteiger partial charge in [0.05, 0.1) is 0 Å². The fraction of sp³-hybridized carbons (Fsp3) is 0.368. The van der Waals surface area contributed by atoms with Crippen LogP contribution in [0.4, 0.5) is 0 Å². The standard InChI is InChI=1S/C19H22OS/c1-14-6-8-15(9-7-14)10-16(12-20)11-17-13-21-19-5-3-2-4-18(17)19/h2-9,16-17,20H,10-13H2,1H3. The van der Waals surface area contributed by atoms with Gasteiger partial charge in [-0.2, -0.15) is 0 Å². The summed E-state index contributed by atoms with van der Waals surface area (Å²) >= 11 is 1.96. The number of hydrogen-bond acceptors (Lipinski definition) is 2. The van der Waals surface area contributed by atoms with Crippen LogP contribution in [0.5, 0.6) is 0 Å². The molecule has 0 fully saturated rings. The average molecular weight is 298 g/mol. The predicted octanol–water partition coefficient (Wildman–Crippen LogP) is 4.43. The van der Waals surface area contributed by atoms with E-state index in [0.717, 1.165) is 18.6 Å². The van der Waals surface area contributed by atoms with Crippen LogP contribution >= 0.6 is 11.8 Å². The fourth-order valence-electron chi connectivity index (χ4n) is 3.11. The van der Waals surface area contributed by atoms with Crippen molar-refractivity contribution in [3.05, 3.63) is 65.2 Å². The zero-order chi connectivity index (χ0) is 14.7. The highest BCUT2D eigenvalue weighted by Crippen LogP contribution is 2.42. The third-order valence-electron chi connectivity index (χ3n) is 4.32. The topological polar surface area (TPSA) is 20.2 Å². The summed E-state index contributed by atoms with van der Waals surface area (Å²) in [5.41, 5.74) is 4.10. The summed E-state index contributed by atoms with van der Waals surface area (Å²) in [6.07, 6.45) is 2.05. The molecule has 0 saturated carbocycles. The van der Waals surface area contributed by atoms with E-state index < -0.39 is 0 Å². The van der Waals surface area contributed by atoms with E-state index in [1.807, 2.05) is 11.8 Å². The Labute approximate surface area is 131 Å². The molecule has 2 unspecified atom stereocenters. The van der Waals surface area contributed by atoms with Crippen LogP contribution in [0.3, 0.4) is 0 Å². The maximum absolute atomic E-state index is 9.74. The Bertz CT molecular complexity index is 591. The quantitative estimate of drug-likeness (QED) is 0.881. The lowest BCUT2D eigenvalue weighted by Gasteiger charge is -2.19. The summed E-state index contributed by atoms with van der Waals surface area (Å²) in [5, 5.41) is 9.74. The number of aliphatic hydroxyl groups is 1. The smallest absolute Gasteiger partial charge is 0.0462 e. The number of fused-ring (bicyclic) bond motifs is 1. The summed E-state index contributed by atoms with van der Waals surface area (Å²) in [6.45, 7) is 2.39. The van der Waals surface area contributed by atoms with E-state index >= 15 is 0 Å². The first kappa shape index (κ1) is 14.7. The molecule has 0 radical (unpaired) electrons. The number of hydrogen-bond donors (Lipinski definition) is 1. The van der Waals surface area contributed by atoms with Crippen molar-refractivity contribution in [3.8, 4) is 0 Å². The SMILES string of the molecule is Cc1ccc(CC(CO)CC2CSc3ccccc32)cc1. The van der Waals surface area contributed by atoms with Crippen molar-refractivity contribution in [2.45, 2.75) is 30.6 Å². The molecule has 1 heterocycles. The third-order valence-corrected chi connectivity index (χ3v) is 5.57. The van der Waals surface area contributed by atoms with Crippen molar-refractivity contribution in [3.63, 3.8) is 0 Å². The van der Waals surface area contributed by atoms with Gasteiger partial charge in [-0.15, -0.1) is 11.8 Å². The largest absolute Gasteiger partial charge is 0.396 e. The lowest BCUT2D eigenvalue weighted by molar-refractivity contribution is 0.212. The maximum atomic E-state index is 9.74. The van der Waals surface area contributed by atoms with E-state index in [0.29, 0.717) is 11.8 Å². The summed E-state index contributed by atoms with van der Waals surface area (Å²) < 4.78 is 0. The number of benzene rings is 2. The van der Waals surface area contributed by atoms with Crippen molar-refractivity contribution < 1.29 is 5.11 Å². The Kier molecular flexibility index (Phi) is 4.67. The molecule has 3 rings (SSSR count). The molecule has 21 heavy (non-hydrogen) atoms. The molecular formula is C19H22OS. The van der Waals surface area contributed by atoms with Gasteiger partial charge in [-0.25, -0.2) is 0 Å². The van der Waals surface area contributed by atoms with E-state index in [1.165, 1.54) is 21.6 Å². The molecule has 0 aromatic heterocycles. The van der Waals surface area contributed by atoms with Crippen molar-refractivity contribution in [2.24, 2.45) is 5.92 Å². The van der Waals surface area contributed by atoms with Crippen LogP contribution < -0.4 is 0 Å². The van der Waals surface area contributed by atoms with Crippen LogP contribution in [0.15, 0.2) is 53.4 Å². The third kappa shape index (κ3) is 3.50. The lowest BCUT2D eigenvalue weighted by atomic mass is 9.87. The molecule has 0 saturated heterocycles. The molecule has 0 bridgehead atoms. The Balaban J connectivity index is 1.67. The highest BCUT2D eigenvalue weighted by atomic mass is 32.2. The molecule has 2 heteroatoms. The molecule has 1 aliphatic heterocycles. The molecule has 0 amide bonds. The van der Waals surface area contributed by atoms with Gasteiger partial charge in [0.1, 0.15) is 0 Å². The van der Waals surface area contributed by atoms with Crippen LogP contribution in [-0.4, -0.2) is 17.5 Å². The summed E-state index contributed by atoms with van der Waals surface area (Å²) in [4.78, 5) is 1.43. The molecule has 0 aliphatic carbocycles. The van der Waals surface area contributed by atoms with Gasteiger partial charge in [0, 0.05) is 17.3 Å². The van der Waals surface area contributed by atoms with Crippen LogP contribution in [0.1, 0.15) is 29.0 Å². The molecule has 110 valence electrons. The number of aliphatic hydroxyl groups excluding tert-OH is 1. The van der Waals surface area contributed by atoms with E-state index in [1.54, 1.807) is 0 Å². The number of thioether (sulfide) groups is 1. The second-order valence-corrected chi connectivity index (χ2v) is 7.08. The molecule has 2 aromatic rings. The van der Waals surface area contributed by atoms with Crippen molar-refractivity contribution in [1.29, 1.82) is 0 Å². The summed E-state index contributed by atoms with van der Waals surface area (Å²) in [5.74, 6) is 2.10. The van der Waals surface area contributed by atoms with Gasteiger partial charge in [0.25, 0.3) is 0 Å². The first-order chi connectivity index (χ1) is 10.3. The van der Waals surface area contributed by atoms with Crippen LogP contribution in [-0.2, 0) is 6.42 Å². The zero-order valence-electron chi connectivity index (χ0n) is 12.5. The molecular weight excluding hydrogens is 276 g/mol. The molecule has 1 aliphatic rings. The van der Waals surface area contributed by atoms with Gasteiger partial charge in [-0.05, 0) is 48.8 Å². The molecule has 0 spiro atoms. The van der Waals surface area contributed by atoms with Gasteiger partial charge < -0.3 is 5.11 Å². The van der Waals surface area contributed by atoms with Crippen molar-refractivity contribution in [2.75, 3.05) is 12.4 Å². The highest BCUT2D eigenvalue weighted by molar-refractivity contribution is 7.99. The van der Waals surface area contributed by atoms with Crippen molar-refractivity contribution >= 4 is 11.8 Å². The molecule has 1 nitrogen and oxygen atoms in total. The normalized spacial score (nSPS) is 18.5. The number of rotatable bonds is 5. The predicted molar refractivity (Wildman–Crippen MR) is 90.0 cm³/mol. The first-order valence-corrected chi connectivity index (χ1v) is 8.63.